The Morgan fingerprint density at radius 2 is 1.71 bits per heavy atom. The van der Waals surface area contributed by atoms with Crippen LogP contribution in [-0.2, 0) is 21.4 Å². The van der Waals surface area contributed by atoms with Gasteiger partial charge in [0.15, 0.2) is 0 Å². The molecule has 2 aromatic rings. The minimum absolute atomic E-state index is 0.00164. The number of piperazine rings is 1. The Hall–Kier alpha value is -2.97. The fourth-order valence-electron chi connectivity index (χ4n) is 3.24. The molecule has 1 fully saturated rings. The topological polar surface area (TPSA) is 97.0 Å². The largest absolute Gasteiger partial charge is 0.573 e. The summed E-state index contributed by atoms with van der Waals surface area (Å²) < 4.78 is 96.6. The maximum atomic E-state index is 13.1. The van der Waals surface area contributed by atoms with Crippen LogP contribution in [0.15, 0.2) is 53.4 Å². The van der Waals surface area contributed by atoms with Crippen molar-refractivity contribution in [2.75, 3.05) is 19.6 Å². The fourth-order valence-corrected chi connectivity index (χ4v) is 4.83. The minimum atomic E-state index is -4.92. The highest BCUT2D eigenvalue weighted by atomic mass is 32.2. The summed E-state index contributed by atoms with van der Waals surface area (Å²) >= 11 is 0. The van der Waals surface area contributed by atoms with Crippen molar-refractivity contribution in [1.82, 2.24) is 14.9 Å². The van der Waals surface area contributed by atoms with Crippen molar-refractivity contribution in [3.8, 4) is 11.5 Å². The first-order valence-electron chi connectivity index (χ1n) is 9.85. The van der Waals surface area contributed by atoms with Crippen LogP contribution in [0.2, 0.25) is 0 Å². The number of rotatable bonds is 8. The molecule has 1 unspecified atom stereocenters. The number of nitrogens with one attached hydrogen (secondary N) is 2. The molecule has 0 saturated carbocycles. The van der Waals surface area contributed by atoms with Gasteiger partial charge in [-0.05, 0) is 42.0 Å². The number of amides is 1. The number of benzene rings is 2. The van der Waals surface area contributed by atoms with E-state index in [-0.39, 0.29) is 36.8 Å². The van der Waals surface area contributed by atoms with Crippen LogP contribution >= 0.6 is 0 Å². The molecule has 0 aliphatic carbocycles. The van der Waals surface area contributed by atoms with E-state index in [0.717, 1.165) is 28.6 Å². The van der Waals surface area contributed by atoms with E-state index in [9.17, 15) is 35.2 Å². The van der Waals surface area contributed by atoms with E-state index in [4.69, 9.17) is 0 Å². The fraction of sp³-hybridized carbons (Fsp3) is 0.350. The average molecular weight is 509 g/mol. The standard InChI is InChI=1S/C20H20F5N3O5S/c21-19(22)32-14-3-1-13(2-4-14)11-27-18(29)17-12-26-9-10-28(17)34(30,31)16-7-5-15(6-8-16)33-20(23,24)25/h1-8,17,19,26H,9-12H2,(H,27,29). The molecule has 1 aliphatic heterocycles. The zero-order valence-electron chi connectivity index (χ0n) is 17.4. The highest BCUT2D eigenvalue weighted by molar-refractivity contribution is 7.89. The zero-order valence-corrected chi connectivity index (χ0v) is 18.2. The summed E-state index contributed by atoms with van der Waals surface area (Å²) in [6.45, 7) is -2.72. The molecule has 14 heteroatoms. The molecule has 2 N–H and O–H groups in total. The van der Waals surface area contributed by atoms with Gasteiger partial charge < -0.3 is 20.1 Å². The Morgan fingerprint density at radius 1 is 1.09 bits per heavy atom. The van der Waals surface area contributed by atoms with Gasteiger partial charge in [-0.2, -0.15) is 13.1 Å². The van der Waals surface area contributed by atoms with Crippen molar-refractivity contribution in [3.05, 3.63) is 54.1 Å². The number of carbonyl (C=O) groups excluding carboxylic acids is 1. The highest BCUT2D eigenvalue weighted by Crippen LogP contribution is 2.26. The average Bonchev–Trinajstić information content (AvgIpc) is 2.77. The molecule has 1 aliphatic rings. The first-order chi connectivity index (χ1) is 16.0. The SMILES string of the molecule is O=C(NCc1ccc(OC(F)F)cc1)C1CNCCN1S(=O)(=O)c1ccc(OC(F)(F)F)cc1. The first-order valence-corrected chi connectivity index (χ1v) is 11.3. The Bertz CT molecular complexity index is 1080. The lowest BCUT2D eigenvalue weighted by Gasteiger charge is -2.34. The van der Waals surface area contributed by atoms with Gasteiger partial charge in [-0.1, -0.05) is 12.1 Å². The quantitative estimate of drug-likeness (QED) is 0.531. The molecule has 1 amide bonds. The number of halogens is 5. The summed E-state index contributed by atoms with van der Waals surface area (Å²) in [5.41, 5.74) is 0.563. The van der Waals surface area contributed by atoms with E-state index in [0.29, 0.717) is 5.56 Å². The molecule has 1 atom stereocenters. The number of hydrogen-bond acceptors (Lipinski definition) is 6. The second-order valence-electron chi connectivity index (χ2n) is 7.10. The Balaban J connectivity index is 1.68. The van der Waals surface area contributed by atoms with Crippen LogP contribution in [-0.4, -0.2) is 57.3 Å². The van der Waals surface area contributed by atoms with E-state index in [1.165, 1.54) is 24.3 Å². The van der Waals surface area contributed by atoms with E-state index in [1.54, 1.807) is 0 Å². The lowest BCUT2D eigenvalue weighted by molar-refractivity contribution is -0.274. The highest BCUT2D eigenvalue weighted by Gasteiger charge is 2.38. The molecular weight excluding hydrogens is 489 g/mol. The number of carbonyl (C=O) groups is 1. The molecule has 0 bridgehead atoms. The van der Waals surface area contributed by atoms with Crippen LogP contribution in [0.1, 0.15) is 5.56 Å². The van der Waals surface area contributed by atoms with Gasteiger partial charge in [-0.15, -0.1) is 13.2 Å². The van der Waals surface area contributed by atoms with Gasteiger partial charge in [0.05, 0.1) is 4.90 Å². The Kier molecular flexibility index (Phi) is 7.94. The lowest BCUT2D eigenvalue weighted by Crippen LogP contribution is -2.59. The van der Waals surface area contributed by atoms with Crippen molar-refractivity contribution in [2.24, 2.45) is 0 Å². The molecule has 2 aromatic carbocycles. The Labute approximate surface area is 191 Å². The molecule has 186 valence electrons. The van der Waals surface area contributed by atoms with E-state index < -0.39 is 40.7 Å². The number of nitrogens with zero attached hydrogens (tertiary/aromatic N) is 1. The van der Waals surface area contributed by atoms with Crippen LogP contribution in [0.4, 0.5) is 22.0 Å². The maximum Gasteiger partial charge on any atom is 0.573 e. The van der Waals surface area contributed by atoms with Gasteiger partial charge in [0.25, 0.3) is 0 Å². The summed E-state index contributed by atoms with van der Waals surface area (Å²) in [5, 5.41) is 5.53. The van der Waals surface area contributed by atoms with Gasteiger partial charge in [0.2, 0.25) is 15.9 Å². The predicted octanol–water partition coefficient (Wildman–Crippen LogP) is 2.47. The smallest absolute Gasteiger partial charge is 0.435 e. The number of sulfonamides is 1. The number of ether oxygens (including phenoxy) is 2. The van der Waals surface area contributed by atoms with E-state index >= 15 is 0 Å². The second kappa shape index (κ2) is 10.5. The van der Waals surface area contributed by atoms with Crippen molar-refractivity contribution in [1.29, 1.82) is 0 Å². The molecule has 1 saturated heterocycles. The van der Waals surface area contributed by atoms with E-state index in [2.05, 4.69) is 20.1 Å². The van der Waals surface area contributed by atoms with Crippen molar-refractivity contribution < 1.29 is 44.6 Å². The third-order valence-corrected chi connectivity index (χ3v) is 6.70. The molecular formula is C20H20F5N3O5S. The van der Waals surface area contributed by atoms with Crippen molar-refractivity contribution in [3.63, 3.8) is 0 Å². The molecule has 1 heterocycles. The van der Waals surface area contributed by atoms with Crippen LogP contribution < -0.4 is 20.1 Å². The van der Waals surface area contributed by atoms with Crippen molar-refractivity contribution in [2.45, 2.75) is 30.5 Å². The first kappa shape index (κ1) is 25.6. The maximum absolute atomic E-state index is 13.1. The van der Waals surface area contributed by atoms with Crippen LogP contribution in [0.5, 0.6) is 11.5 Å². The van der Waals surface area contributed by atoms with Gasteiger partial charge in [0.1, 0.15) is 17.5 Å². The number of alkyl halides is 5. The third kappa shape index (κ3) is 6.77. The van der Waals surface area contributed by atoms with E-state index in [1.807, 2.05) is 0 Å². The van der Waals surface area contributed by atoms with Crippen molar-refractivity contribution >= 4 is 15.9 Å². The lowest BCUT2D eigenvalue weighted by atomic mass is 10.2. The van der Waals surface area contributed by atoms with Crippen LogP contribution in [0.25, 0.3) is 0 Å². The zero-order chi connectivity index (χ0) is 24.9. The third-order valence-electron chi connectivity index (χ3n) is 4.78. The normalized spacial score (nSPS) is 17.4. The monoisotopic (exact) mass is 509 g/mol. The summed E-state index contributed by atoms with van der Waals surface area (Å²) in [5.74, 6) is -1.24. The minimum Gasteiger partial charge on any atom is -0.435 e. The molecule has 3 rings (SSSR count). The van der Waals surface area contributed by atoms with Gasteiger partial charge in [0, 0.05) is 26.2 Å². The molecule has 0 radical (unpaired) electrons. The van der Waals surface area contributed by atoms with Gasteiger partial charge >= 0.3 is 13.0 Å². The molecule has 0 spiro atoms. The summed E-state index contributed by atoms with van der Waals surface area (Å²) in [6, 6.07) is 8.11. The molecule has 8 nitrogen and oxygen atoms in total. The second-order valence-corrected chi connectivity index (χ2v) is 8.99. The van der Waals surface area contributed by atoms with Gasteiger partial charge in [-0.3, -0.25) is 4.79 Å². The van der Waals surface area contributed by atoms with Crippen LogP contribution in [0, 0.1) is 0 Å². The molecule has 34 heavy (non-hydrogen) atoms. The predicted molar refractivity (Wildman–Crippen MR) is 109 cm³/mol. The molecule has 0 aromatic heterocycles. The number of hydrogen-bond donors (Lipinski definition) is 2. The van der Waals surface area contributed by atoms with Gasteiger partial charge in [-0.25, -0.2) is 8.42 Å². The Morgan fingerprint density at radius 3 is 2.29 bits per heavy atom. The summed E-state index contributed by atoms with van der Waals surface area (Å²) in [6.07, 6.45) is -4.92. The summed E-state index contributed by atoms with van der Waals surface area (Å²) in [4.78, 5) is 12.5. The summed E-state index contributed by atoms with van der Waals surface area (Å²) in [7, 11) is -4.21. The van der Waals surface area contributed by atoms with Crippen LogP contribution in [0.3, 0.4) is 0 Å².